The van der Waals surface area contributed by atoms with Gasteiger partial charge in [-0.05, 0) is 48.9 Å². The van der Waals surface area contributed by atoms with E-state index in [1.807, 2.05) is 12.1 Å². The fourth-order valence-corrected chi connectivity index (χ4v) is 4.98. The van der Waals surface area contributed by atoms with Crippen LogP contribution in [-0.4, -0.2) is 35.1 Å². The SMILES string of the molecule is CCCCC(CC)COC(=O)/C(C#N)=c1\ccnc2cc3/c(=C(\C#N)C(=O)OCC(CC)CCCC)ccnc3cc12. The number of unbranched alkanes of at least 4 members (excludes halogenated alkanes) is 2. The Balaban J connectivity index is 2.05. The average molecular weight is 569 g/mol. The minimum absolute atomic E-state index is 0.107. The molecule has 3 rings (SSSR count). The number of hydrogen-bond acceptors (Lipinski definition) is 8. The molecule has 1 aromatic carbocycles. The monoisotopic (exact) mass is 568 g/mol. The van der Waals surface area contributed by atoms with Crippen LogP contribution in [0.2, 0.25) is 0 Å². The summed E-state index contributed by atoms with van der Waals surface area (Å²) in [5.41, 5.74) is 0.759. The second-order valence-corrected chi connectivity index (χ2v) is 10.6. The molecule has 2 atom stereocenters. The predicted octanol–water partition coefficient (Wildman–Crippen LogP) is 5.65. The van der Waals surface area contributed by atoms with Gasteiger partial charge in [-0.1, -0.05) is 66.2 Å². The van der Waals surface area contributed by atoms with Gasteiger partial charge in [0.1, 0.15) is 23.3 Å². The number of fused-ring (bicyclic) bond motifs is 2. The number of ether oxygens (including phenoxy) is 2. The van der Waals surface area contributed by atoms with E-state index in [2.05, 4.69) is 37.7 Å². The largest absolute Gasteiger partial charge is 0.461 e. The highest BCUT2D eigenvalue weighted by atomic mass is 16.5. The van der Waals surface area contributed by atoms with Crippen LogP contribution in [0.1, 0.15) is 79.1 Å². The maximum absolute atomic E-state index is 13.0. The van der Waals surface area contributed by atoms with Crippen molar-refractivity contribution in [2.24, 2.45) is 11.8 Å². The summed E-state index contributed by atoms with van der Waals surface area (Å²) in [5, 5.41) is 21.8. The fraction of sp³-hybridized carbons (Fsp3) is 0.471. The predicted molar refractivity (Wildman–Crippen MR) is 163 cm³/mol. The summed E-state index contributed by atoms with van der Waals surface area (Å²) in [6.45, 7) is 8.90. The second-order valence-electron chi connectivity index (χ2n) is 10.6. The highest BCUT2D eigenvalue weighted by Crippen LogP contribution is 2.18. The number of esters is 2. The lowest BCUT2D eigenvalue weighted by Gasteiger charge is -2.14. The van der Waals surface area contributed by atoms with Crippen molar-refractivity contribution in [2.45, 2.75) is 79.1 Å². The number of aromatic nitrogens is 2. The van der Waals surface area contributed by atoms with Crippen LogP contribution in [-0.2, 0) is 19.1 Å². The Morgan fingerprint density at radius 2 is 1.14 bits per heavy atom. The van der Waals surface area contributed by atoms with E-state index < -0.39 is 11.9 Å². The van der Waals surface area contributed by atoms with Gasteiger partial charge in [-0.15, -0.1) is 0 Å². The third-order valence-electron chi connectivity index (χ3n) is 7.76. The molecule has 0 radical (unpaired) electrons. The van der Waals surface area contributed by atoms with E-state index in [4.69, 9.17) is 9.47 Å². The van der Waals surface area contributed by atoms with Crippen molar-refractivity contribution in [1.29, 1.82) is 10.5 Å². The summed E-state index contributed by atoms with van der Waals surface area (Å²) < 4.78 is 11.1. The Hall–Kier alpha value is -4.30. The lowest BCUT2D eigenvalue weighted by atomic mass is 10.0. The van der Waals surface area contributed by atoms with Crippen LogP contribution in [0.25, 0.3) is 33.0 Å². The Bertz CT molecular complexity index is 1500. The number of hydrogen-bond donors (Lipinski definition) is 0. The van der Waals surface area contributed by atoms with Crippen molar-refractivity contribution in [2.75, 3.05) is 13.2 Å². The van der Waals surface area contributed by atoms with Crippen molar-refractivity contribution >= 4 is 44.9 Å². The number of nitriles is 2. The van der Waals surface area contributed by atoms with Crippen LogP contribution in [0.5, 0.6) is 0 Å². The summed E-state index contributed by atoms with van der Waals surface area (Å²) in [7, 11) is 0. The molecule has 0 aliphatic heterocycles. The summed E-state index contributed by atoms with van der Waals surface area (Å²) in [4.78, 5) is 34.9. The molecule has 0 saturated heterocycles. The van der Waals surface area contributed by atoms with Crippen LogP contribution in [0.15, 0.2) is 36.7 Å². The molecular formula is C34H40N4O4. The first-order chi connectivity index (χ1) is 20.4. The molecule has 2 unspecified atom stereocenters. The van der Waals surface area contributed by atoms with Crippen LogP contribution >= 0.6 is 0 Å². The summed E-state index contributed by atoms with van der Waals surface area (Å²) in [6.07, 6.45) is 11.0. The molecule has 0 bridgehead atoms. The lowest BCUT2D eigenvalue weighted by Crippen LogP contribution is -2.20. The third kappa shape index (κ3) is 7.91. The van der Waals surface area contributed by atoms with Crippen LogP contribution in [0.4, 0.5) is 0 Å². The van der Waals surface area contributed by atoms with Gasteiger partial charge in [-0.2, -0.15) is 10.5 Å². The molecule has 42 heavy (non-hydrogen) atoms. The number of benzene rings is 1. The summed E-state index contributed by atoms with van der Waals surface area (Å²) in [6, 6.07) is 10.7. The van der Waals surface area contributed by atoms with Crippen molar-refractivity contribution in [3.05, 3.63) is 47.1 Å². The zero-order chi connectivity index (χ0) is 30.5. The van der Waals surface area contributed by atoms with Gasteiger partial charge in [-0.3, -0.25) is 9.97 Å². The van der Waals surface area contributed by atoms with Crippen molar-refractivity contribution < 1.29 is 19.1 Å². The van der Waals surface area contributed by atoms with Gasteiger partial charge in [0, 0.05) is 33.6 Å². The van der Waals surface area contributed by atoms with Gasteiger partial charge >= 0.3 is 11.9 Å². The molecule has 0 saturated carbocycles. The molecule has 3 aromatic rings. The molecule has 0 fully saturated rings. The Morgan fingerprint density at radius 3 is 1.48 bits per heavy atom. The van der Waals surface area contributed by atoms with E-state index in [-0.39, 0.29) is 36.2 Å². The van der Waals surface area contributed by atoms with Crippen molar-refractivity contribution in [3.8, 4) is 12.1 Å². The fourth-order valence-electron chi connectivity index (χ4n) is 4.98. The molecule has 2 heterocycles. The van der Waals surface area contributed by atoms with E-state index in [9.17, 15) is 20.1 Å². The molecule has 220 valence electrons. The van der Waals surface area contributed by atoms with Gasteiger partial charge < -0.3 is 9.47 Å². The minimum atomic E-state index is -0.672. The topological polar surface area (TPSA) is 126 Å². The molecule has 2 aromatic heterocycles. The highest BCUT2D eigenvalue weighted by molar-refractivity contribution is 6.18. The first-order valence-corrected chi connectivity index (χ1v) is 15.0. The standard InChI is InChI=1S/C34H40N4O4/c1-5-9-11-23(7-3)21-41-33(39)29(19-35)25-13-15-37-31-18-28-26(14-16-38-32(28)17-27(25)31)30(20-36)34(40)42-22-24(8-4)12-10-6-2/h13-18,23-24H,5-12,21-22H2,1-4H3/b29-25+,30-26+. The van der Waals surface area contributed by atoms with Crippen LogP contribution in [0, 0.1) is 34.5 Å². The maximum Gasteiger partial charge on any atom is 0.349 e. The van der Waals surface area contributed by atoms with Crippen molar-refractivity contribution in [1.82, 2.24) is 9.97 Å². The molecule has 0 spiro atoms. The molecule has 8 nitrogen and oxygen atoms in total. The third-order valence-corrected chi connectivity index (χ3v) is 7.76. The molecular weight excluding hydrogens is 528 g/mol. The van der Waals surface area contributed by atoms with Crippen molar-refractivity contribution in [3.63, 3.8) is 0 Å². The van der Waals surface area contributed by atoms with E-state index in [1.54, 1.807) is 24.3 Å². The van der Waals surface area contributed by atoms with E-state index in [0.717, 1.165) is 51.4 Å². The molecule has 0 N–H and O–H groups in total. The number of rotatable bonds is 14. The van der Waals surface area contributed by atoms with Gasteiger partial charge in [0.2, 0.25) is 0 Å². The smallest absolute Gasteiger partial charge is 0.349 e. The Kier molecular flexibility index (Phi) is 12.4. The minimum Gasteiger partial charge on any atom is -0.461 e. The number of pyridine rings is 2. The lowest BCUT2D eigenvalue weighted by molar-refractivity contribution is -0.138. The van der Waals surface area contributed by atoms with Gasteiger partial charge in [-0.25, -0.2) is 9.59 Å². The normalized spacial score (nSPS) is 14.0. The Labute approximate surface area is 247 Å². The van der Waals surface area contributed by atoms with E-state index in [0.29, 0.717) is 32.2 Å². The molecule has 0 amide bonds. The summed E-state index contributed by atoms with van der Waals surface area (Å²) >= 11 is 0. The zero-order valence-corrected chi connectivity index (χ0v) is 25.1. The first kappa shape index (κ1) is 32.2. The first-order valence-electron chi connectivity index (χ1n) is 15.0. The zero-order valence-electron chi connectivity index (χ0n) is 25.1. The highest BCUT2D eigenvalue weighted by Gasteiger charge is 2.19. The number of carbonyl (C=O) groups is 2. The quantitative estimate of drug-likeness (QED) is 0.180. The Morgan fingerprint density at radius 1 is 0.738 bits per heavy atom. The number of carbonyl (C=O) groups excluding carboxylic acids is 2. The molecule has 0 aliphatic rings. The van der Waals surface area contributed by atoms with Crippen LogP contribution in [0.3, 0.4) is 0 Å². The average Bonchev–Trinajstić information content (AvgIpc) is 3.01. The van der Waals surface area contributed by atoms with Gasteiger partial charge in [0.05, 0.1) is 24.2 Å². The van der Waals surface area contributed by atoms with E-state index in [1.165, 1.54) is 12.4 Å². The van der Waals surface area contributed by atoms with Gasteiger partial charge in [0.15, 0.2) is 0 Å². The van der Waals surface area contributed by atoms with E-state index >= 15 is 0 Å². The molecule has 0 aliphatic carbocycles. The second kappa shape index (κ2) is 16.2. The van der Waals surface area contributed by atoms with Gasteiger partial charge in [0.25, 0.3) is 0 Å². The number of nitrogens with zero attached hydrogens (tertiary/aromatic N) is 4. The van der Waals surface area contributed by atoms with Crippen LogP contribution < -0.4 is 10.4 Å². The molecule has 8 heteroatoms. The summed E-state index contributed by atoms with van der Waals surface area (Å²) in [5.74, 6) is -0.852. The maximum atomic E-state index is 13.0.